The molecule has 4 N–H and O–H groups in total. The van der Waals surface area contributed by atoms with Crippen LogP contribution >= 0.6 is 0 Å². The van der Waals surface area contributed by atoms with Gasteiger partial charge >= 0.3 is 6.09 Å². The van der Waals surface area contributed by atoms with Crippen LogP contribution in [0.25, 0.3) is 10.9 Å². The van der Waals surface area contributed by atoms with Gasteiger partial charge in [-0.15, -0.1) is 0 Å². The third-order valence-corrected chi connectivity index (χ3v) is 9.35. The van der Waals surface area contributed by atoms with Crippen molar-refractivity contribution in [3.05, 3.63) is 42.5 Å². The van der Waals surface area contributed by atoms with Gasteiger partial charge in [-0.05, 0) is 95.4 Å². The molecule has 0 radical (unpaired) electrons. The van der Waals surface area contributed by atoms with Crippen LogP contribution in [0, 0.1) is 11.8 Å². The number of hydrogen-bond acceptors (Lipinski definition) is 10. The Labute approximate surface area is 272 Å². The fourth-order valence-corrected chi connectivity index (χ4v) is 6.72. The second kappa shape index (κ2) is 16.1. The highest BCUT2D eigenvalue weighted by Crippen LogP contribution is 2.31. The minimum Gasteiger partial charge on any atom is -0.497 e. The van der Waals surface area contributed by atoms with Crippen LogP contribution in [0.4, 0.5) is 16.6 Å². The lowest BCUT2D eigenvalue weighted by molar-refractivity contribution is 0.0527. The number of nitrogens with one attached hydrogen (secondary N) is 4. The predicted octanol–water partition coefficient (Wildman–Crippen LogP) is 5.56. The second-order valence-electron chi connectivity index (χ2n) is 12.6. The normalized spacial score (nSPS) is 16.9. The molecule has 4 rings (SSSR count). The molecule has 2 aromatic carbocycles. The summed E-state index contributed by atoms with van der Waals surface area (Å²) in [6.07, 6.45) is 5.08. The number of fused-ring (bicyclic) bond motifs is 1. The minimum absolute atomic E-state index is 0.0756. The van der Waals surface area contributed by atoms with E-state index in [1.54, 1.807) is 12.1 Å². The molecule has 1 saturated carbocycles. The molecule has 0 spiro atoms. The van der Waals surface area contributed by atoms with Crippen LogP contribution in [-0.4, -0.2) is 70.5 Å². The van der Waals surface area contributed by atoms with Crippen molar-refractivity contribution >= 4 is 38.8 Å². The van der Waals surface area contributed by atoms with Crippen molar-refractivity contribution in [1.29, 1.82) is 0 Å². The first-order valence-electron chi connectivity index (χ1n) is 15.9. The first kappa shape index (κ1) is 35.0. The van der Waals surface area contributed by atoms with Gasteiger partial charge in [0.2, 0.25) is 16.0 Å². The van der Waals surface area contributed by atoms with Gasteiger partial charge in [0.1, 0.15) is 27.8 Å². The van der Waals surface area contributed by atoms with E-state index in [0.717, 1.165) is 61.8 Å². The van der Waals surface area contributed by atoms with Crippen molar-refractivity contribution < 1.29 is 27.4 Å². The maximum atomic E-state index is 13.0. The van der Waals surface area contributed by atoms with Crippen molar-refractivity contribution in [2.75, 3.05) is 51.0 Å². The van der Waals surface area contributed by atoms with Crippen molar-refractivity contribution in [2.24, 2.45) is 11.8 Å². The van der Waals surface area contributed by atoms with E-state index in [1.807, 2.05) is 45.0 Å². The molecule has 46 heavy (non-hydrogen) atoms. The van der Waals surface area contributed by atoms with E-state index >= 15 is 0 Å². The number of nitrogens with zero attached hydrogens (tertiary/aromatic N) is 2. The second-order valence-corrected chi connectivity index (χ2v) is 14.3. The summed E-state index contributed by atoms with van der Waals surface area (Å²) in [7, 11) is -0.798. The molecule has 12 nitrogen and oxygen atoms in total. The summed E-state index contributed by atoms with van der Waals surface area (Å²) in [4.78, 5) is 21.4. The molecule has 1 fully saturated rings. The van der Waals surface area contributed by atoms with Gasteiger partial charge in [-0.1, -0.05) is 12.1 Å². The third-order valence-electron chi connectivity index (χ3n) is 7.90. The molecule has 0 bridgehead atoms. The number of hydrogen-bond donors (Lipinski definition) is 4. The molecule has 1 amide bonds. The molecule has 1 aliphatic rings. The summed E-state index contributed by atoms with van der Waals surface area (Å²) in [5.74, 6) is 2.79. The quantitative estimate of drug-likeness (QED) is 0.153. The van der Waals surface area contributed by atoms with Crippen molar-refractivity contribution in [3.63, 3.8) is 0 Å². The summed E-state index contributed by atoms with van der Waals surface area (Å²) >= 11 is 0. The smallest absolute Gasteiger partial charge is 0.407 e. The molecular weight excluding hydrogens is 608 g/mol. The van der Waals surface area contributed by atoms with Gasteiger partial charge in [-0.2, -0.15) is 4.98 Å². The van der Waals surface area contributed by atoms with Crippen LogP contribution in [0.2, 0.25) is 0 Å². The lowest BCUT2D eigenvalue weighted by Crippen LogP contribution is -2.33. The van der Waals surface area contributed by atoms with E-state index in [0.29, 0.717) is 37.3 Å². The number of unbranched alkanes of at least 4 members (excludes halogenated alkanes) is 1. The largest absolute Gasteiger partial charge is 0.497 e. The maximum absolute atomic E-state index is 13.0. The highest BCUT2D eigenvalue weighted by Gasteiger charge is 2.25. The van der Waals surface area contributed by atoms with Gasteiger partial charge in [-0.25, -0.2) is 22.9 Å². The number of anilines is 2. The van der Waals surface area contributed by atoms with Gasteiger partial charge in [0.25, 0.3) is 0 Å². The lowest BCUT2D eigenvalue weighted by Gasteiger charge is -2.28. The molecule has 1 aliphatic carbocycles. The molecule has 3 aromatic rings. The zero-order valence-corrected chi connectivity index (χ0v) is 28.3. The van der Waals surface area contributed by atoms with Crippen LogP contribution in [0.3, 0.4) is 0 Å². The van der Waals surface area contributed by atoms with E-state index in [2.05, 4.69) is 20.7 Å². The number of para-hydroxylation sites is 1. The Balaban J connectivity index is 1.23. The van der Waals surface area contributed by atoms with Crippen molar-refractivity contribution in [1.82, 2.24) is 20.0 Å². The first-order valence-corrected chi connectivity index (χ1v) is 17.4. The monoisotopic (exact) mass is 656 g/mol. The maximum Gasteiger partial charge on any atom is 0.407 e. The Morgan fingerprint density at radius 2 is 1.59 bits per heavy atom. The number of methoxy groups -OCH3 is 2. The Hall–Kier alpha value is -3.84. The van der Waals surface area contributed by atoms with Crippen LogP contribution in [0.15, 0.2) is 47.4 Å². The van der Waals surface area contributed by atoms with Crippen LogP contribution in [0.5, 0.6) is 11.5 Å². The van der Waals surface area contributed by atoms with Gasteiger partial charge in [-0.3, -0.25) is 0 Å². The number of sulfonamides is 1. The molecule has 1 aromatic heterocycles. The zero-order chi connectivity index (χ0) is 33.2. The van der Waals surface area contributed by atoms with Crippen LogP contribution in [0.1, 0.15) is 59.3 Å². The number of benzene rings is 2. The molecule has 0 atom stereocenters. The molecule has 13 heteroatoms. The van der Waals surface area contributed by atoms with Gasteiger partial charge in [0.05, 0.1) is 19.7 Å². The van der Waals surface area contributed by atoms with Crippen molar-refractivity contribution in [3.8, 4) is 11.5 Å². The number of carbonyl (C=O) groups is 1. The zero-order valence-electron chi connectivity index (χ0n) is 27.5. The molecule has 1 heterocycles. The van der Waals surface area contributed by atoms with Crippen molar-refractivity contribution in [2.45, 2.75) is 69.8 Å². The molecule has 0 saturated heterocycles. The fraction of sp³-hybridized carbons (Fsp3) is 0.545. The number of aromatic nitrogens is 2. The van der Waals surface area contributed by atoms with E-state index in [1.165, 1.54) is 20.3 Å². The summed E-state index contributed by atoms with van der Waals surface area (Å²) in [6, 6.07) is 12.7. The Morgan fingerprint density at radius 3 is 2.28 bits per heavy atom. The summed E-state index contributed by atoms with van der Waals surface area (Å²) in [5, 5.41) is 10.6. The highest BCUT2D eigenvalue weighted by molar-refractivity contribution is 7.89. The number of ether oxygens (including phenoxy) is 3. The molecule has 0 unspecified atom stereocenters. The van der Waals surface area contributed by atoms with E-state index < -0.39 is 21.7 Å². The average Bonchev–Trinajstić information content (AvgIpc) is 3.03. The van der Waals surface area contributed by atoms with E-state index in [-0.39, 0.29) is 16.6 Å². The standard InChI is InChI=1S/C33H48N6O6S/c1-33(2,3)45-32(40)35-19-9-8-18-34-30-26-10-6-7-11-27(26)38-31(39-30)36-21-23-12-14-24(15-13-23)22-37-46(41,42)29-20-25(43-4)16-17-28(29)44-5/h6-7,10-11,16-17,20,23-24,37H,8-9,12-15,18-19,21-22H2,1-5H3,(H,35,40)(H2,34,36,38,39)/t23-,24-. The number of rotatable bonds is 15. The molecule has 252 valence electrons. The average molecular weight is 657 g/mol. The van der Waals surface area contributed by atoms with Crippen LogP contribution < -0.4 is 30.1 Å². The fourth-order valence-electron chi connectivity index (χ4n) is 5.43. The van der Waals surface area contributed by atoms with Gasteiger partial charge < -0.3 is 30.2 Å². The number of carbonyl (C=O) groups excluding carboxylic acids is 1. The Bertz CT molecular complexity index is 1550. The van der Waals surface area contributed by atoms with Crippen LogP contribution in [-0.2, 0) is 14.8 Å². The van der Waals surface area contributed by atoms with Gasteiger partial charge in [0, 0.05) is 37.6 Å². The van der Waals surface area contributed by atoms with E-state index in [4.69, 9.17) is 24.2 Å². The lowest BCUT2D eigenvalue weighted by atomic mass is 9.82. The minimum atomic E-state index is -3.75. The SMILES string of the molecule is COc1ccc(OC)c(S(=O)(=O)NC[C@H]2CC[C@H](CNc3nc(NCCCCNC(=O)OC(C)(C)C)c4ccccc4n3)CC2)c1. The Morgan fingerprint density at radius 1 is 0.891 bits per heavy atom. The third kappa shape index (κ3) is 10.3. The Kier molecular flexibility index (Phi) is 12.3. The number of amides is 1. The first-order chi connectivity index (χ1) is 22.0. The van der Waals surface area contributed by atoms with E-state index in [9.17, 15) is 13.2 Å². The summed E-state index contributed by atoms with van der Waals surface area (Å²) < 4.78 is 44.6. The van der Waals surface area contributed by atoms with Gasteiger partial charge in [0.15, 0.2) is 0 Å². The number of alkyl carbamates (subject to hydrolysis) is 1. The summed E-state index contributed by atoms with van der Waals surface area (Å²) in [5.41, 5.74) is 0.347. The highest BCUT2D eigenvalue weighted by atomic mass is 32.2. The topological polar surface area (TPSA) is 153 Å². The molecule has 0 aliphatic heterocycles. The molecular formula is C33H48N6O6S. The summed E-state index contributed by atoms with van der Waals surface area (Å²) in [6.45, 7) is 7.89. The predicted molar refractivity (Wildman–Crippen MR) is 180 cm³/mol.